The number of para-hydroxylation sites is 1. The third-order valence-electron chi connectivity index (χ3n) is 2.79. The minimum Gasteiger partial charge on any atom is -0.497 e. The monoisotopic (exact) mass is 259 g/mol. The van der Waals surface area contributed by atoms with Gasteiger partial charge in [0.25, 0.3) is 0 Å². The van der Waals surface area contributed by atoms with E-state index < -0.39 is 0 Å². The lowest BCUT2D eigenvalue weighted by molar-refractivity contribution is 0.298. The molecule has 0 heterocycles. The molecule has 0 bridgehead atoms. The number of methoxy groups -OCH3 is 1. The van der Waals surface area contributed by atoms with Crippen LogP contribution in [0.4, 0.5) is 5.69 Å². The number of aliphatic hydroxyl groups is 1. The molecular weight excluding hydrogens is 242 g/mol. The van der Waals surface area contributed by atoms with Crippen molar-refractivity contribution < 1.29 is 14.6 Å². The molecule has 19 heavy (non-hydrogen) atoms. The van der Waals surface area contributed by atoms with Crippen molar-refractivity contribution in [3.8, 4) is 17.2 Å². The van der Waals surface area contributed by atoms with Crippen molar-refractivity contribution in [2.24, 2.45) is 0 Å². The van der Waals surface area contributed by atoms with Crippen molar-refractivity contribution in [2.45, 2.75) is 6.42 Å². The standard InChI is InChI=1S/C15H17NO3/c1-18-12-6-7-15(13(16)10-12)19-14-5-3-2-4-11(14)8-9-17/h2-7,10,17H,8-9,16H2,1H3. The van der Waals surface area contributed by atoms with Gasteiger partial charge in [0.1, 0.15) is 11.5 Å². The van der Waals surface area contributed by atoms with Gasteiger partial charge in [0, 0.05) is 12.7 Å². The zero-order valence-electron chi connectivity index (χ0n) is 10.8. The number of hydrogen-bond donors (Lipinski definition) is 2. The Balaban J connectivity index is 2.26. The zero-order chi connectivity index (χ0) is 13.7. The normalized spacial score (nSPS) is 10.2. The first-order valence-corrected chi connectivity index (χ1v) is 6.04. The summed E-state index contributed by atoms with van der Waals surface area (Å²) in [6, 6.07) is 12.8. The molecule has 0 spiro atoms. The number of hydrogen-bond acceptors (Lipinski definition) is 4. The van der Waals surface area contributed by atoms with Crippen LogP contribution in [0.3, 0.4) is 0 Å². The molecule has 0 amide bonds. The molecule has 0 saturated heterocycles. The van der Waals surface area contributed by atoms with E-state index in [0.717, 1.165) is 5.56 Å². The number of aliphatic hydroxyl groups excluding tert-OH is 1. The maximum atomic E-state index is 9.04. The highest BCUT2D eigenvalue weighted by molar-refractivity contribution is 5.57. The van der Waals surface area contributed by atoms with Gasteiger partial charge < -0.3 is 20.3 Å². The van der Waals surface area contributed by atoms with Gasteiger partial charge >= 0.3 is 0 Å². The molecule has 0 radical (unpaired) electrons. The van der Waals surface area contributed by atoms with Crippen LogP contribution in [0, 0.1) is 0 Å². The third kappa shape index (κ3) is 3.17. The van der Waals surface area contributed by atoms with Gasteiger partial charge in [-0.3, -0.25) is 0 Å². The van der Waals surface area contributed by atoms with E-state index in [9.17, 15) is 0 Å². The number of anilines is 1. The largest absolute Gasteiger partial charge is 0.497 e. The molecule has 0 saturated carbocycles. The summed E-state index contributed by atoms with van der Waals surface area (Å²) in [5, 5.41) is 9.04. The number of nitrogens with two attached hydrogens (primary N) is 1. The van der Waals surface area contributed by atoms with Crippen molar-refractivity contribution in [1.82, 2.24) is 0 Å². The van der Waals surface area contributed by atoms with E-state index >= 15 is 0 Å². The summed E-state index contributed by atoms with van der Waals surface area (Å²) in [6.07, 6.45) is 0.548. The lowest BCUT2D eigenvalue weighted by Gasteiger charge is -2.12. The second kappa shape index (κ2) is 6.11. The van der Waals surface area contributed by atoms with Gasteiger partial charge in [-0.05, 0) is 30.2 Å². The van der Waals surface area contributed by atoms with Crippen molar-refractivity contribution >= 4 is 5.69 Å². The number of ether oxygens (including phenoxy) is 2. The SMILES string of the molecule is COc1ccc(Oc2ccccc2CCO)c(N)c1. The average Bonchev–Trinajstić information content (AvgIpc) is 2.43. The highest BCUT2D eigenvalue weighted by Crippen LogP contribution is 2.32. The molecule has 0 atom stereocenters. The topological polar surface area (TPSA) is 64.7 Å². The first-order chi connectivity index (χ1) is 9.24. The van der Waals surface area contributed by atoms with E-state index in [1.165, 1.54) is 0 Å². The van der Waals surface area contributed by atoms with Gasteiger partial charge in [0.2, 0.25) is 0 Å². The van der Waals surface area contributed by atoms with Crippen LogP contribution in [-0.4, -0.2) is 18.8 Å². The number of nitrogen functional groups attached to an aromatic ring is 1. The molecule has 0 aromatic heterocycles. The highest BCUT2D eigenvalue weighted by atomic mass is 16.5. The second-order valence-electron chi connectivity index (χ2n) is 4.09. The molecule has 3 N–H and O–H groups in total. The van der Waals surface area contributed by atoms with E-state index in [4.69, 9.17) is 20.3 Å². The zero-order valence-corrected chi connectivity index (χ0v) is 10.8. The molecular formula is C15H17NO3. The molecule has 4 heteroatoms. The van der Waals surface area contributed by atoms with E-state index in [2.05, 4.69) is 0 Å². The molecule has 0 aliphatic heterocycles. The van der Waals surface area contributed by atoms with Crippen LogP contribution in [0.5, 0.6) is 17.2 Å². The Labute approximate surface area is 112 Å². The van der Waals surface area contributed by atoms with Crippen molar-refractivity contribution in [3.05, 3.63) is 48.0 Å². The fraction of sp³-hybridized carbons (Fsp3) is 0.200. The van der Waals surface area contributed by atoms with Crippen LogP contribution in [0.15, 0.2) is 42.5 Å². The quantitative estimate of drug-likeness (QED) is 0.810. The maximum absolute atomic E-state index is 9.04. The average molecular weight is 259 g/mol. The van der Waals surface area contributed by atoms with Crippen LogP contribution < -0.4 is 15.2 Å². The molecule has 0 unspecified atom stereocenters. The molecule has 100 valence electrons. The van der Waals surface area contributed by atoms with E-state index in [-0.39, 0.29) is 6.61 Å². The van der Waals surface area contributed by atoms with E-state index in [1.54, 1.807) is 25.3 Å². The van der Waals surface area contributed by atoms with Gasteiger partial charge in [-0.1, -0.05) is 18.2 Å². The van der Waals surface area contributed by atoms with Crippen LogP contribution in [-0.2, 0) is 6.42 Å². The molecule has 2 aromatic carbocycles. The Bertz CT molecular complexity index is 555. The van der Waals surface area contributed by atoms with Crippen molar-refractivity contribution in [2.75, 3.05) is 19.5 Å². The molecule has 2 aromatic rings. The first kappa shape index (κ1) is 13.2. The summed E-state index contributed by atoms with van der Waals surface area (Å²) in [5.41, 5.74) is 7.37. The predicted octanol–water partition coefficient (Wildman–Crippen LogP) is 2.60. The van der Waals surface area contributed by atoms with E-state index in [0.29, 0.717) is 29.4 Å². The summed E-state index contributed by atoms with van der Waals surface area (Å²) in [5.74, 6) is 1.97. The Morgan fingerprint density at radius 3 is 2.58 bits per heavy atom. The van der Waals surface area contributed by atoms with Crippen LogP contribution in [0.25, 0.3) is 0 Å². The Morgan fingerprint density at radius 2 is 1.89 bits per heavy atom. The van der Waals surface area contributed by atoms with Crippen molar-refractivity contribution in [3.63, 3.8) is 0 Å². The summed E-state index contributed by atoms with van der Waals surface area (Å²) >= 11 is 0. The Kier molecular flexibility index (Phi) is 4.26. The minimum absolute atomic E-state index is 0.0818. The van der Waals surface area contributed by atoms with Gasteiger partial charge in [-0.25, -0.2) is 0 Å². The first-order valence-electron chi connectivity index (χ1n) is 6.04. The number of rotatable bonds is 5. The molecule has 0 aliphatic carbocycles. The number of benzene rings is 2. The molecule has 0 aliphatic rings. The summed E-state index contributed by atoms with van der Waals surface area (Å²) < 4.78 is 10.9. The van der Waals surface area contributed by atoms with Crippen LogP contribution in [0.2, 0.25) is 0 Å². The summed E-state index contributed by atoms with van der Waals surface area (Å²) in [4.78, 5) is 0. The van der Waals surface area contributed by atoms with E-state index in [1.807, 2.05) is 24.3 Å². The molecule has 4 nitrogen and oxygen atoms in total. The second-order valence-corrected chi connectivity index (χ2v) is 4.09. The fourth-order valence-electron chi connectivity index (χ4n) is 1.80. The summed E-state index contributed by atoms with van der Waals surface area (Å²) in [6.45, 7) is 0.0818. The van der Waals surface area contributed by atoms with Crippen LogP contribution in [0.1, 0.15) is 5.56 Å². The Morgan fingerprint density at radius 1 is 1.11 bits per heavy atom. The smallest absolute Gasteiger partial charge is 0.150 e. The van der Waals surface area contributed by atoms with Gasteiger partial charge in [0.15, 0.2) is 5.75 Å². The van der Waals surface area contributed by atoms with Crippen molar-refractivity contribution in [1.29, 1.82) is 0 Å². The highest BCUT2D eigenvalue weighted by Gasteiger charge is 2.07. The lowest BCUT2D eigenvalue weighted by atomic mass is 10.1. The predicted molar refractivity (Wildman–Crippen MR) is 74.7 cm³/mol. The lowest BCUT2D eigenvalue weighted by Crippen LogP contribution is -1.97. The molecule has 0 fully saturated rings. The summed E-state index contributed by atoms with van der Waals surface area (Å²) in [7, 11) is 1.59. The van der Waals surface area contributed by atoms with Gasteiger partial charge in [0.05, 0.1) is 12.8 Å². The Hall–Kier alpha value is -2.20. The van der Waals surface area contributed by atoms with Crippen LogP contribution >= 0.6 is 0 Å². The van der Waals surface area contributed by atoms with Gasteiger partial charge in [-0.15, -0.1) is 0 Å². The molecule has 2 rings (SSSR count). The maximum Gasteiger partial charge on any atom is 0.150 e. The fourth-order valence-corrected chi connectivity index (χ4v) is 1.80. The minimum atomic E-state index is 0.0818. The van der Waals surface area contributed by atoms with Gasteiger partial charge in [-0.2, -0.15) is 0 Å². The third-order valence-corrected chi connectivity index (χ3v) is 2.79.